The third-order valence-electron chi connectivity index (χ3n) is 20.8. The van der Waals surface area contributed by atoms with Crippen molar-refractivity contribution >= 4 is 123 Å². The number of fused-ring (bicyclic) bond motifs is 1. The monoisotopic (exact) mass is 1690 g/mol. The van der Waals surface area contributed by atoms with Gasteiger partial charge in [0.05, 0.1) is 19.1 Å². The molecule has 1 aromatic heterocycles. The van der Waals surface area contributed by atoms with Gasteiger partial charge in [0.15, 0.2) is 0 Å². The van der Waals surface area contributed by atoms with Crippen LogP contribution in [0.1, 0.15) is 120 Å². The van der Waals surface area contributed by atoms with E-state index in [4.69, 9.17) is 23.1 Å². The number of likely N-dealkylation sites (tertiary alicyclic amines) is 1. The fourth-order valence-electron chi connectivity index (χ4n) is 14.3. The number of urea groups is 2. The number of nitrogens with one attached hydrogen (secondary N) is 15. The lowest BCUT2D eigenvalue weighted by Crippen LogP contribution is -2.62. The summed E-state index contributed by atoms with van der Waals surface area (Å²) >= 11 is 6.27. The number of carbonyl (C=O) groups is 15. The molecule has 6 aromatic rings. The largest absolute Gasteiger partial charge is 0.394 e. The SMILES string of the molecule is CC(C)C[C@H](NC(=O)[C@@H](Cc1ccc(NC(=O)C2CCCN2)cc1)NC(=O)[C@H](Cc1ccc(NC(=O)C2CC(=O)NC(=O)N2)cc1)NC(=O)[C@H](CO)NC(=O)[C@@H](Cc1cccnc1)NC(=O)[C@@H](Cc1ccc(Cl)cc1)NC(=O)[C@@H](Cc1ccc2ccccc2c1)NC(N)=O)C(=O)N[C@@H](CCCCNC(C)C)C(=O)N1CCC[C@H]1C(=O)N[C@H](C)C(N)=O. The third-order valence-corrected chi connectivity index (χ3v) is 21.0. The average molecular weight is 1690 g/mol. The third kappa shape index (κ3) is 28.6. The Kier molecular flexibility index (Phi) is 34.4. The van der Waals surface area contributed by atoms with E-state index in [1.807, 2.05) is 50.2 Å². The number of rotatable bonds is 42. The van der Waals surface area contributed by atoms with Crippen molar-refractivity contribution in [2.75, 3.05) is 36.9 Å². The second-order valence-corrected chi connectivity index (χ2v) is 31.7. The molecule has 0 spiro atoms. The van der Waals surface area contributed by atoms with Crippen molar-refractivity contribution < 1.29 is 77.0 Å². The number of aliphatic hydroxyl groups is 1. The van der Waals surface area contributed by atoms with Crippen LogP contribution in [0.4, 0.5) is 21.0 Å². The molecule has 3 aliphatic rings. The van der Waals surface area contributed by atoms with Gasteiger partial charge in [-0.05, 0) is 158 Å². The number of anilines is 2. The molecule has 3 aliphatic heterocycles. The molecule has 35 nitrogen and oxygen atoms in total. The molecule has 20 N–H and O–H groups in total. The molecule has 5 aromatic carbocycles. The van der Waals surface area contributed by atoms with Gasteiger partial charge in [-0.3, -0.25) is 72.6 Å². The molecule has 0 radical (unpaired) electrons. The molecular weight excluding hydrogens is 1580 g/mol. The highest BCUT2D eigenvalue weighted by molar-refractivity contribution is 6.30. The molecule has 4 heterocycles. The Labute approximate surface area is 705 Å². The number of unbranched alkanes of at least 4 members (excludes halogenated alkanes) is 1. The van der Waals surface area contributed by atoms with Crippen LogP contribution in [0.15, 0.2) is 140 Å². The smallest absolute Gasteiger partial charge is 0.322 e. The van der Waals surface area contributed by atoms with Crippen LogP contribution in [0.3, 0.4) is 0 Å². The molecule has 121 heavy (non-hydrogen) atoms. The number of aromatic nitrogens is 1. The van der Waals surface area contributed by atoms with Crippen LogP contribution in [0.25, 0.3) is 10.8 Å². The molecule has 3 saturated heterocycles. The predicted molar refractivity (Wildman–Crippen MR) is 449 cm³/mol. The number of halogens is 1. The maximum Gasteiger partial charge on any atom is 0.322 e. The van der Waals surface area contributed by atoms with Crippen LogP contribution in [-0.2, 0) is 94.4 Å². The number of benzene rings is 5. The van der Waals surface area contributed by atoms with Gasteiger partial charge in [0, 0.05) is 73.5 Å². The van der Waals surface area contributed by atoms with E-state index in [0.717, 1.165) is 17.2 Å². The molecule has 0 bridgehead atoms. The van der Waals surface area contributed by atoms with Gasteiger partial charge in [-0.25, -0.2) is 9.59 Å². The van der Waals surface area contributed by atoms with E-state index in [-0.39, 0.29) is 81.5 Å². The minimum Gasteiger partial charge on any atom is -0.394 e. The summed E-state index contributed by atoms with van der Waals surface area (Å²) in [6.45, 7) is 9.21. The maximum atomic E-state index is 15.6. The first kappa shape index (κ1) is 92.4. The van der Waals surface area contributed by atoms with Crippen LogP contribution < -0.4 is 91.2 Å². The molecule has 17 amide bonds. The zero-order valence-electron chi connectivity index (χ0n) is 68.1. The number of hydrogen-bond acceptors (Lipinski definition) is 19. The lowest BCUT2D eigenvalue weighted by molar-refractivity contribution is -0.142. The number of pyridine rings is 1. The van der Waals surface area contributed by atoms with E-state index in [2.05, 4.69) is 84.7 Å². The first-order valence-electron chi connectivity index (χ1n) is 40.5. The Balaban J connectivity index is 1.02. The highest BCUT2D eigenvalue weighted by Gasteiger charge is 2.41. The lowest BCUT2D eigenvalue weighted by atomic mass is 9.99. The van der Waals surface area contributed by atoms with Crippen molar-refractivity contribution in [2.45, 2.75) is 203 Å². The van der Waals surface area contributed by atoms with Crippen LogP contribution in [0.5, 0.6) is 0 Å². The highest BCUT2D eigenvalue weighted by Crippen LogP contribution is 2.24. The van der Waals surface area contributed by atoms with E-state index < -0.39 is 168 Å². The quantitative estimate of drug-likeness (QED) is 0.0240. The molecule has 0 aliphatic carbocycles. The first-order chi connectivity index (χ1) is 57.8. The molecule has 646 valence electrons. The summed E-state index contributed by atoms with van der Waals surface area (Å²) in [6, 6.07) is 16.8. The highest BCUT2D eigenvalue weighted by atomic mass is 35.5. The molecule has 12 atom stereocenters. The standard InChI is InChI=1S/C85H108ClN19O16/c1-47(2)37-62(75(111)95-61(16-8-9-34-90-48(3)4)83(119)105-36-12-18-70(105)82(118)92-49(5)72(87)108)96-76(112)64(40-51-22-29-58(30-23-51)93-73(109)60-17-11-35-91-60)97-78(114)65(41-52-24-31-59(32-25-52)94-74(110)68-44-71(107)104-85(121)103-68)100-81(117)69(46-106)101-79(115)66(43-54-13-10-33-89-45-54)99-77(113)63(39-50-20-27-57(86)28-21-50)98-80(116)67(102-84(88)120)42-53-19-26-55-14-6-7-15-56(55)38-53/h6-7,10,13-15,19-33,38,45,47-49,60-70,90-91,106H,8-9,11-12,16-18,34-37,39-44,46H2,1-5H3,(H2,87,108)(H,92,118)(H,93,109)(H,94,110)(H,95,111)(H,96,112)(H,97,114)(H,98,116)(H,99,113)(H,100,117)(H,101,115)(H3,88,102,120)(H2,103,104,107,121)/t49-,60?,61+,62+,63-,64-,65+,66-,67-,68?,69+,70+/m1/s1. The number of primary amides is 2. The van der Waals surface area contributed by atoms with Crippen LogP contribution in [0.2, 0.25) is 5.02 Å². The molecule has 2 unspecified atom stereocenters. The van der Waals surface area contributed by atoms with Crippen molar-refractivity contribution in [2.24, 2.45) is 17.4 Å². The maximum absolute atomic E-state index is 15.6. The first-order valence-corrected chi connectivity index (χ1v) is 40.9. The number of hydrogen-bond donors (Lipinski definition) is 18. The molecule has 36 heteroatoms. The minimum atomic E-state index is -1.93. The number of amides is 17. The van der Waals surface area contributed by atoms with Crippen molar-refractivity contribution in [3.63, 3.8) is 0 Å². The fourth-order valence-corrected chi connectivity index (χ4v) is 14.4. The molecular formula is C85H108ClN19O16. The van der Waals surface area contributed by atoms with Crippen LogP contribution in [0, 0.1) is 5.92 Å². The Morgan fingerprint density at radius 2 is 1.02 bits per heavy atom. The Bertz CT molecular complexity index is 4660. The van der Waals surface area contributed by atoms with Gasteiger partial charge in [-0.2, -0.15) is 0 Å². The number of nitrogens with two attached hydrogens (primary N) is 2. The summed E-state index contributed by atoms with van der Waals surface area (Å²) < 4.78 is 0. The summed E-state index contributed by atoms with van der Waals surface area (Å²) in [4.78, 5) is 215. The summed E-state index contributed by atoms with van der Waals surface area (Å²) in [5.41, 5.74) is 13.9. The van der Waals surface area contributed by atoms with E-state index in [9.17, 15) is 48.3 Å². The Hall–Kier alpha value is -12.5. The second-order valence-electron chi connectivity index (χ2n) is 31.2. The van der Waals surface area contributed by atoms with Gasteiger partial charge < -0.3 is 95.9 Å². The minimum absolute atomic E-state index is 0.0212. The Morgan fingerprint density at radius 1 is 0.521 bits per heavy atom. The van der Waals surface area contributed by atoms with Crippen molar-refractivity contribution in [1.29, 1.82) is 0 Å². The molecule has 0 saturated carbocycles. The number of nitrogens with zero attached hydrogens (tertiary/aromatic N) is 2. The van der Waals surface area contributed by atoms with Crippen LogP contribution in [-0.4, -0.2) is 209 Å². The number of aliphatic hydroxyl groups excluding tert-OH is 1. The van der Waals surface area contributed by atoms with Gasteiger partial charge in [0.25, 0.3) is 0 Å². The normalized spacial score (nSPS) is 17.3. The van der Waals surface area contributed by atoms with Gasteiger partial charge in [0.1, 0.15) is 66.5 Å². The van der Waals surface area contributed by atoms with Crippen molar-refractivity contribution in [3.8, 4) is 0 Å². The van der Waals surface area contributed by atoms with Gasteiger partial charge in [-0.1, -0.05) is 124 Å². The van der Waals surface area contributed by atoms with Gasteiger partial charge >= 0.3 is 12.1 Å². The van der Waals surface area contributed by atoms with E-state index in [0.29, 0.717) is 77.3 Å². The second kappa shape index (κ2) is 45.1. The summed E-state index contributed by atoms with van der Waals surface area (Å²) in [5, 5.41) is 53.9. The van der Waals surface area contributed by atoms with Gasteiger partial charge in [-0.15, -0.1) is 0 Å². The molecule has 3 fully saturated rings. The van der Waals surface area contributed by atoms with Crippen molar-refractivity contribution in [1.82, 2.24) is 79.0 Å². The molecule has 9 rings (SSSR count). The van der Waals surface area contributed by atoms with Crippen molar-refractivity contribution in [3.05, 3.63) is 173 Å². The summed E-state index contributed by atoms with van der Waals surface area (Å²) in [7, 11) is 0. The lowest BCUT2D eigenvalue weighted by Gasteiger charge is -2.31. The van der Waals surface area contributed by atoms with E-state index in [1.54, 1.807) is 80.6 Å². The summed E-state index contributed by atoms with van der Waals surface area (Å²) in [6.07, 6.45) is 4.38. The van der Waals surface area contributed by atoms with E-state index >= 15 is 28.8 Å². The predicted octanol–water partition coefficient (Wildman–Crippen LogP) is 1.25. The zero-order valence-corrected chi connectivity index (χ0v) is 68.8. The summed E-state index contributed by atoms with van der Waals surface area (Å²) in [5.74, 6) is -10.8. The van der Waals surface area contributed by atoms with Gasteiger partial charge in [0.2, 0.25) is 76.8 Å². The fraction of sp³-hybridized carbons (Fsp3) is 0.435. The zero-order chi connectivity index (χ0) is 87.4. The van der Waals surface area contributed by atoms with Crippen LogP contribution >= 0.6 is 11.6 Å². The topological polar surface area (TPSA) is 525 Å². The van der Waals surface area contributed by atoms with E-state index in [1.165, 1.54) is 48.5 Å². The number of imide groups is 1. The Morgan fingerprint density at radius 3 is 1.53 bits per heavy atom. The average Bonchev–Trinajstić information content (AvgIpc) is 1.82. The number of carbonyl (C=O) groups excluding carboxylic acids is 15.